The lowest BCUT2D eigenvalue weighted by atomic mass is 10.2. The van der Waals surface area contributed by atoms with Gasteiger partial charge in [-0.25, -0.2) is 13.5 Å². The van der Waals surface area contributed by atoms with Crippen LogP contribution in [-0.2, 0) is 13.5 Å². The van der Waals surface area contributed by atoms with Crippen LogP contribution in [0.2, 0.25) is 0 Å². The van der Waals surface area contributed by atoms with Crippen molar-refractivity contribution in [2.75, 3.05) is 6.54 Å². The summed E-state index contributed by atoms with van der Waals surface area (Å²) < 4.78 is 33.1. The normalized spacial score (nSPS) is 10.8. The number of hydrogen-bond acceptors (Lipinski definition) is 3. The van der Waals surface area contributed by atoms with Gasteiger partial charge in [0.15, 0.2) is 11.6 Å². The Bertz CT molecular complexity index is 596. The number of nitrogens with zero attached hydrogens (tertiary/aromatic N) is 2. The van der Waals surface area contributed by atoms with Gasteiger partial charge in [0.25, 0.3) is 0 Å². The van der Waals surface area contributed by atoms with Crippen molar-refractivity contribution in [2.45, 2.75) is 13.3 Å². The summed E-state index contributed by atoms with van der Waals surface area (Å²) in [5.41, 5.74) is 7.22. The minimum atomic E-state index is -0.947. The van der Waals surface area contributed by atoms with Gasteiger partial charge in [-0.05, 0) is 32.0 Å². The third kappa shape index (κ3) is 2.73. The van der Waals surface area contributed by atoms with Crippen molar-refractivity contribution in [3.8, 4) is 11.6 Å². The van der Waals surface area contributed by atoms with E-state index in [9.17, 15) is 8.78 Å². The summed E-state index contributed by atoms with van der Waals surface area (Å²) >= 11 is 0. The predicted octanol–water partition coefficient (Wildman–Crippen LogP) is 2.30. The number of aromatic nitrogens is 2. The van der Waals surface area contributed by atoms with Gasteiger partial charge in [-0.1, -0.05) is 0 Å². The Morgan fingerprint density at radius 3 is 2.68 bits per heavy atom. The highest BCUT2D eigenvalue weighted by Gasteiger charge is 2.15. The molecule has 2 rings (SSSR count). The predicted molar refractivity (Wildman–Crippen MR) is 67.1 cm³/mol. The van der Waals surface area contributed by atoms with E-state index in [1.165, 1.54) is 6.07 Å². The molecule has 0 fully saturated rings. The maximum atomic E-state index is 13.1. The first kappa shape index (κ1) is 13.5. The van der Waals surface area contributed by atoms with Crippen LogP contribution in [0.5, 0.6) is 11.6 Å². The molecule has 0 saturated heterocycles. The van der Waals surface area contributed by atoms with Crippen LogP contribution in [0, 0.1) is 18.6 Å². The molecule has 0 aliphatic carbocycles. The van der Waals surface area contributed by atoms with Gasteiger partial charge in [0.05, 0.1) is 5.69 Å². The highest BCUT2D eigenvalue weighted by molar-refractivity contribution is 5.36. The van der Waals surface area contributed by atoms with E-state index >= 15 is 0 Å². The van der Waals surface area contributed by atoms with Gasteiger partial charge < -0.3 is 10.5 Å². The van der Waals surface area contributed by atoms with Crippen LogP contribution in [0.25, 0.3) is 0 Å². The minimum Gasteiger partial charge on any atom is -0.439 e. The maximum Gasteiger partial charge on any atom is 0.221 e. The molecule has 0 saturated carbocycles. The maximum absolute atomic E-state index is 13.1. The summed E-state index contributed by atoms with van der Waals surface area (Å²) in [5.74, 6) is -1.14. The Hall–Kier alpha value is -1.95. The van der Waals surface area contributed by atoms with Gasteiger partial charge in [-0.2, -0.15) is 5.10 Å². The summed E-state index contributed by atoms with van der Waals surface area (Å²) in [7, 11) is 1.72. The van der Waals surface area contributed by atoms with E-state index in [0.717, 1.165) is 23.4 Å². The average Bonchev–Trinajstić information content (AvgIpc) is 2.61. The minimum absolute atomic E-state index is 0.222. The molecular weight excluding hydrogens is 252 g/mol. The third-order valence-electron chi connectivity index (χ3n) is 2.79. The molecule has 2 N–H and O–H groups in total. The van der Waals surface area contributed by atoms with Crippen LogP contribution in [-0.4, -0.2) is 16.3 Å². The summed E-state index contributed by atoms with van der Waals surface area (Å²) in [4.78, 5) is 0. The van der Waals surface area contributed by atoms with Crippen LogP contribution < -0.4 is 10.5 Å². The lowest BCUT2D eigenvalue weighted by molar-refractivity contribution is 0.417. The Morgan fingerprint density at radius 1 is 1.32 bits per heavy atom. The Balaban J connectivity index is 2.34. The molecule has 0 spiro atoms. The second-order valence-corrected chi connectivity index (χ2v) is 4.21. The molecule has 4 nitrogen and oxygen atoms in total. The first-order valence-corrected chi connectivity index (χ1v) is 5.88. The van der Waals surface area contributed by atoms with Crippen molar-refractivity contribution in [2.24, 2.45) is 12.8 Å². The molecule has 0 unspecified atom stereocenters. The van der Waals surface area contributed by atoms with Crippen molar-refractivity contribution in [1.82, 2.24) is 9.78 Å². The second kappa shape index (κ2) is 5.36. The quantitative estimate of drug-likeness (QED) is 0.924. The van der Waals surface area contributed by atoms with Gasteiger partial charge in [0, 0.05) is 18.7 Å². The van der Waals surface area contributed by atoms with E-state index in [0.29, 0.717) is 18.8 Å². The molecular formula is C13H15F2N3O. The zero-order valence-electron chi connectivity index (χ0n) is 10.8. The highest BCUT2D eigenvalue weighted by atomic mass is 19.2. The number of aryl methyl sites for hydroxylation is 2. The largest absolute Gasteiger partial charge is 0.439 e. The zero-order chi connectivity index (χ0) is 14.0. The number of benzene rings is 1. The number of hydrogen-bond donors (Lipinski definition) is 1. The molecule has 0 radical (unpaired) electrons. The lowest BCUT2D eigenvalue weighted by Gasteiger charge is -2.08. The summed E-state index contributed by atoms with van der Waals surface area (Å²) in [6.45, 7) is 2.31. The fourth-order valence-electron chi connectivity index (χ4n) is 1.89. The first-order valence-electron chi connectivity index (χ1n) is 5.88. The van der Waals surface area contributed by atoms with Gasteiger partial charge in [0.2, 0.25) is 5.88 Å². The standard InChI is InChI=1S/C13H15F2N3O/c1-8-10(5-6-16)13(18(2)17-8)19-9-3-4-11(14)12(15)7-9/h3-4,7H,5-6,16H2,1-2H3. The van der Waals surface area contributed by atoms with Crippen LogP contribution in [0.1, 0.15) is 11.3 Å². The van der Waals surface area contributed by atoms with Crippen LogP contribution >= 0.6 is 0 Å². The first-order chi connectivity index (χ1) is 9.02. The summed E-state index contributed by atoms with van der Waals surface area (Å²) in [5, 5.41) is 4.23. The molecule has 1 aromatic carbocycles. The third-order valence-corrected chi connectivity index (χ3v) is 2.79. The fraction of sp³-hybridized carbons (Fsp3) is 0.308. The average molecular weight is 267 g/mol. The zero-order valence-corrected chi connectivity index (χ0v) is 10.8. The van der Waals surface area contributed by atoms with Gasteiger partial charge >= 0.3 is 0 Å². The fourth-order valence-corrected chi connectivity index (χ4v) is 1.89. The Labute approximate surface area is 109 Å². The second-order valence-electron chi connectivity index (χ2n) is 4.21. The van der Waals surface area contributed by atoms with Crippen LogP contribution in [0.4, 0.5) is 8.78 Å². The van der Waals surface area contributed by atoms with Crippen molar-refractivity contribution >= 4 is 0 Å². The number of rotatable bonds is 4. The monoisotopic (exact) mass is 267 g/mol. The van der Waals surface area contributed by atoms with Gasteiger partial charge in [-0.15, -0.1) is 0 Å². The molecule has 0 bridgehead atoms. The van der Waals surface area contributed by atoms with Crippen molar-refractivity contribution in [3.05, 3.63) is 41.1 Å². The van der Waals surface area contributed by atoms with E-state index in [-0.39, 0.29) is 5.75 Å². The molecule has 0 amide bonds. The Morgan fingerprint density at radius 2 is 2.05 bits per heavy atom. The highest BCUT2D eigenvalue weighted by Crippen LogP contribution is 2.28. The van der Waals surface area contributed by atoms with E-state index in [4.69, 9.17) is 10.5 Å². The smallest absolute Gasteiger partial charge is 0.221 e. The molecule has 1 aromatic heterocycles. The molecule has 2 aromatic rings. The summed E-state index contributed by atoms with van der Waals surface area (Å²) in [6, 6.07) is 3.40. The molecule has 102 valence electrons. The van der Waals surface area contributed by atoms with E-state index in [1.807, 2.05) is 6.92 Å². The lowest BCUT2D eigenvalue weighted by Crippen LogP contribution is -2.05. The number of halogens is 2. The summed E-state index contributed by atoms with van der Waals surface area (Å²) in [6.07, 6.45) is 0.610. The van der Waals surface area contributed by atoms with Crippen molar-refractivity contribution < 1.29 is 13.5 Å². The van der Waals surface area contributed by atoms with E-state index < -0.39 is 11.6 Å². The van der Waals surface area contributed by atoms with Gasteiger partial charge in [0.1, 0.15) is 5.75 Å². The molecule has 1 heterocycles. The SMILES string of the molecule is Cc1nn(C)c(Oc2ccc(F)c(F)c2)c1CCN. The molecule has 6 heteroatoms. The molecule has 19 heavy (non-hydrogen) atoms. The van der Waals surface area contributed by atoms with Crippen molar-refractivity contribution in [3.63, 3.8) is 0 Å². The van der Waals surface area contributed by atoms with Crippen LogP contribution in [0.3, 0.4) is 0 Å². The molecule has 0 aliphatic heterocycles. The van der Waals surface area contributed by atoms with Gasteiger partial charge in [-0.3, -0.25) is 0 Å². The number of nitrogens with two attached hydrogens (primary N) is 1. The molecule has 0 atom stereocenters. The van der Waals surface area contributed by atoms with E-state index in [2.05, 4.69) is 5.10 Å². The Kier molecular flexibility index (Phi) is 3.80. The topological polar surface area (TPSA) is 53.1 Å². The van der Waals surface area contributed by atoms with Crippen LogP contribution in [0.15, 0.2) is 18.2 Å². The van der Waals surface area contributed by atoms with Crippen molar-refractivity contribution in [1.29, 1.82) is 0 Å². The van der Waals surface area contributed by atoms with E-state index in [1.54, 1.807) is 11.7 Å². The molecule has 0 aliphatic rings. The number of ether oxygens (including phenoxy) is 1.